The summed E-state index contributed by atoms with van der Waals surface area (Å²) in [5.41, 5.74) is 2.00. The van der Waals surface area contributed by atoms with Crippen LogP contribution in [0.15, 0.2) is 36.9 Å². The van der Waals surface area contributed by atoms with Crippen molar-refractivity contribution in [1.82, 2.24) is 4.90 Å². The Balaban J connectivity index is 0. The molecule has 1 aromatic carbocycles. The Labute approximate surface area is 138 Å². The molecule has 0 heterocycles. The summed E-state index contributed by atoms with van der Waals surface area (Å²) >= 11 is 0. The molecule has 18 heavy (non-hydrogen) atoms. The molecule has 0 bridgehead atoms. The molecule has 0 radical (unpaired) electrons. The largest absolute Gasteiger partial charge is 2.00 e. The molecular weight excluding hydrogens is 300 g/mol. The fraction of sp³-hybridized carbons (Fsp3) is 0.429. The van der Waals surface area contributed by atoms with Gasteiger partial charge >= 0.3 is 23.1 Å². The van der Waals surface area contributed by atoms with Crippen molar-refractivity contribution in [2.24, 2.45) is 0 Å². The third kappa shape index (κ3) is 7.41. The van der Waals surface area contributed by atoms with Crippen LogP contribution in [-0.2, 0) is 0 Å². The minimum absolute atomic E-state index is 0. The molecule has 0 aliphatic heterocycles. The minimum atomic E-state index is 0. The number of likely N-dealkylation sites (N-methyl/N-ethyl adjacent to an activating group) is 1. The van der Waals surface area contributed by atoms with E-state index in [1.807, 2.05) is 30.3 Å². The van der Waals surface area contributed by atoms with Crippen LogP contribution in [0.5, 0.6) is 0 Å². The molecular formula is C14H21BrMgN2. The molecule has 0 saturated heterocycles. The molecule has 2 nitrogen and oxygen atoms in total. The van der Waals surface area contributed by atoms with Gasteiger partial charge in [-0.3, -0.25) is 0 Å². The molecule has 0 fully saturated rings. The van der Waals surface area contributed by atoms with Gasteiger partial charge in [0.25, 0.3) is 0 Å². The van der Waals surface area contributed by atoms with Crippen LogP contribution in [0.2, 0.25) is 0 Å². The molecule has 4 heteroatoms. The summed E-state index contributed by atoms with van der Waals surface area (Å²) in [5, 5.41) is 4.49. The molecule has 0 N–H and O–H groups in total. The van der Waals surface area contributed by atoms with Crippen LogP contribution in [0, 0.1) is 0 Å². The van der Waals surface area contributed by atoms with Crippen LogP contribution in [0.1, 0.15) is 19.4 Å². The van der Waals surface area contributed by atoms with Gasteiger partial charge in [-0.25, -0.2) is 0 Å². The van der Waals surface area contributed by atoms with Gasteiger partial charge < -0.3 is 27.2 Å². The van der Waals surface area contributed by atoms with Gasteiger partial charge in [0.05, 0.1) is 0 Å². The average Bonchev–Trinajstić information content (AvgIpc) is 2.35. The number of rotatable bonds is 7. The maximum atomic E-state index is 4.49. The second-order valence-electron chi connectivity index (χ2n) is 3.72. The molecule has 0 aliphatic rings. The van der Waals surface area contributed by atoms with Crippen molar-refractivity contribution in [3.63, 3.8) is 0 Å². The SMILES string of the molecule is C=C([N-]CCN(CC)CC)c1ccccc1.[Br-].[Mg+2]. The summed E-state index contributed by atoms with van der Waals surface area (Å²) < 4.78 is 0. The van der Waals surface area contributed by atoms with Gasteiger partial charge in [-0.1, -0.05) is 44.2 Å². The van der Waals surface area contributed by atoms with Crippen molar-refractivity contribution < 1.29 is 17.0 Å². The molecule has 0 aliphatic carbocycles. The first-order chi connectivity index (χ1) is 7.77. The van der Waals surface area contributed by atoms with Crippen LogP contribution in [0.3, 0.4) is 0 Å². The summed E-state index contributed by atoms with van der Waals surface area (Å²) in [5.74, 6) is 0. The van der Waals surface area contributed by atoms with E-state index in [-0.39, 0.29) is 40.0 Å². The van der Waals surface area contributed by atoms with Crippen molar-refractivity contribution in [2.75, 3.05) is 26.2 Å². The predicted molar refractivity (Wildman–Crippen MR) is 77.2 cm³/mol. The Kier molecular flexibility index (Phi) is 13.6. The molecule has 0 spiro atoms. The second kappa shape index (κ2) is 12.0. The molecule has 1 rings (SSSR count). The zero-order valence-corrected chi connectivity index (χ0v) is 14.4. The number of halogens is 1. The van der Waals surface area contributed by atoms with E-state index in [2.05, 4.69) is 30.6 Å². The molecule has 0 atom stereocenters. The molecule has 1 aromatic rings. The first kappa shape index (κ1) is 20.3. The van der Waals surface area contributed by atoms with E-state index in [1.165, 1.54) is 0 Å². The van der Waals surface area contributed by atoms with E-state index in [9.17, 15) is 0 Å². The van der Waals surface area contributed by atoms with E-state index in [0.29, 0.717) is 0 Å². The van der Waals surface area contributed by atoms with Gasteiger partial charge in [-0.15, -0.1) is 18.8 Å². The van der Waals surface area contributed by atoms with E-state index >= 15 is 0 Å². The number of hydrogen-bond acceptors (Lipinski definition) is 1. The van der Waals surface area contributed by atoms with Crippen LogP contribution in [-0.4, -0.2) is 54.1 Å². The van der Waals surface area contributed by atoms with Crippen LogP contribution in [0.25, 0.3) is 11.0 Å². The molecule has 0 aromatic heterocycles. The fourth-order valence-corrected chi connectivity index (χ4v) is 1.59. The van der Waals surface area contributed by atoms with Crippen LogP contribution < -0.4 is 17.0 Å². The first-order valence-electron chi connectivity index (χ1n) is 5.92. The van der Waals surface area contributed by atoms with E-state index in [1.54, 1.807) is 0 Å². The van der Waals surface area contributed by atoms with Crippen LogP contribution in [0.4, 0.5) is 0 Å². The van der Waals surface area contributed by atoms with Crippen LogP contribution >= 0.6 is 0 Å². The average molecular weight is 322 g/mol. The summed E-state index contributed by atoms with van der Waals surface area (Å²) in [6.07, 6.45) is 0. The zero-order valence-electron chi connectivity index (χ0n) is 11.4. The maximum Gasteiger partial charge on any atom is 2.00 e. The predicted octanol–water partition coefficient (Wildman–Crippen LogP) is -0.00400. The topological polar surface area (TPSA) is 17.3 Å². The number of nitrogens with zero attached hydrogens (tertiary/aromatic N) is 2. The van der Waals surface area contributed by atoms with Gasteiger partial charge in [0, 0.05) is 0 Å². The summed E-state index contributed by atoms with van der Waals surface area (Å²) in [6, 6.07) is 10.1. The van der Waals surface area contributed by atoms with Gasteiger partial charge in [-0.05, 0) is 25.2 Å². The van der Waals surface area contributed by atoms with Gasteiger partial charge in [0.2, 0.25) is 0 Å². The van der Waals surface area contributed by atoms with E-state index in [4.69, 9.17) is 0 Å². The van der Waals surface area contributed by atoms with Crippen molar-refractivity contribution >= 4 is 28.7 Å². The maximum absolute atomic E-state index is 4.49. The fourth-order valence-electron chi connectivity index (χ4n) is 1.59. The van der Waals surface area contributed by atoms with Gasteiger partial charge in [0.1, 0.15) is 0 Å². The Morgan fingerprint density at radius 3 is 2.22 bits per heavy atom. The minimum Gasteiger partial charge on any atom is -1.00 e. The summed E-state index contributed by atoms with van der Waals surface area (Å²) in [6.45, 7) is 12.4. The molecule has 0 saturated carbocycles. The first-order valence-corrected chi connectivity index (χ1v) is 5.92. The third-order valence-electron chi connectivity index (χ3n) is 2.72. The smallest absolute Gasteiger partial charge is 1.00 e. The number of hydrogen-bond donors (Lipinski definition) is 0. The Bertz CT molecular complexity index is 313. The monoisotopic (exact) mass is 320 g/mol. The zero-order chi connectivity index (χ0) is 11.8. The Hall–Kier alpha value is -0.0338. The molecule has 0 amide bonds. The third-order valence-corrected chi connectivity index (χ3v) is 2.72. The van der Waals surface area contributed by atoms with E-state index in [0.717, 1.165) is 37.4 Å². The Morgan fingerprint density at radius 2 is 1.72 bits per heavy atom. The van der Waals surface area contributed by atoms with Crippen molar-refractivity contribution in [3.8, 4) is 0 Å². The molecule has 0 unspecified atom stereocenters. The van der Waals surface area contributed by atoms with Crippen molar-refractivity contribution in [1.29, 1.82) is 0 Å². The molecule has 96 valence electrons. The van der Waals surface area contributed by atoms with Gasteiger partial charge in [-0.2, -0.15) is 0 Å². The summed E-state index contributed by atoms with van der Waals surface area (Å²) in [4.78, 5) is 2.36. The van der Waals surface area contributed by atoms with Crippen molar-refractivity contribution in [2.45, 2.75) is 13.8 Å². The van der Waals surface area contributed by atoms with Gasteiger partial charge in [0.15, 0.2) is 0 Å². The summed E-state index contributed by atoms with van der Waals surface area (Å²) in [7, 11) is 0. The quantitative estimate of drug-likeness (QED) is 0.646. The number of benzene rings is 1. The van der Waals surface area contributed by atoms with E-state index < -0.39 is 0 Å². The normalized spacial score (nSPS) is 9.28. The van der Waals surface area contributed by atoms with Crippen molar-refractivity contribution in [3.05, 3.63) is 47.8 Å². The Morgan fingerprint density at radius 1 is 1.17 bits per heavy atom. The standard InChI is InChI=1S/C14H21N2.BrH.Mg/c1-4-16(5-2)12-11-15-13(3)14-9-7-6-8-10-14;;/h6-10H,3-5,11-12H2,1-2H3;1H;/q-1;;+2/p-1. The second-order valence-corrected chi connectivity index (χ2v) is 3.72.